The average molecular weight is 317 g/mol. The van der Waals surface area contributed by atoms with E-state index in [1.165, 1.54) is 6.07 Å². The van der Waals surface area contributed by atoms with E-state index in [9.17, 15) is 8.42 Å². The van der Waals surface area contributed by atoms with Crippen LogP contribution >= 0.6 is 33.3 Å². The van der Waals surface area contributed by atoms with Crippen LogP contribution in [0, 0.1) is 10.5 Å². The first-order chi connectivity index (χ1) is 5.41. The molecule has 0 amide bonds. The van der Waals surface area contributed by atoms with Gasteiger partial charge in [-0.15, -0.1) is 0 Å². The zero-order chi connectivity index (χ0) is 9.35. The molecule has 1 aromatic carbocycles. The van der Waals surface area contributed by atoms with Gasteiger partial charge in [0.25, 0.3) is 9.05 Å². The number of rotatable bonds is 1. The lowest BCUT2D eigenvalue weighted by molar-refractivity contribution is 0.609. The van der Waals surface area contributed by atoms with Crippen molar-refractivity contribution < 1.29 is 8.42 Å². The maximum atomic E-state index is 10.9. The van der Waals surface area contributed by atoms with E-state index in [0.717, 1.165) is 9.13 Å². The Morgan fingerprint density at radius 3 is 2.42 bits per heavy atom. The second-order valence-corrected chi connectivity index (χ2v) is 6.08. The van der Waals surface area contributed by atoms with Gasteiger partial charge in [-0.05, 0) is 53.3 Å². The molecule has 12 heavy (non-hydrogen) atoms. The molecule has 0 fully saturated rings. The normalized spacial score (nSPS) is 11.6. The Bertz CT molecular complexity index is 400. The summed E-state index contributed by atoms with van der Waals surface area (Å²) in [6.45, 7) is 1.84. The van der Waals surface area contributed by atoms with Gasteiger partial charge >= 0.3 is 0 Å². The van der Waals surface area contributed by atoms with Crippen molar-refractivity contribution in [2.45, 2.75) is 11.8 Å². The fraction of sp³-hybridized carbons (Fsp3) is 0.143. The van der Waals surface area contributed by atoms with E-state index in [2.05, 4.69) is 22.6 Å². The Hall–Kier alpha value is 0.190. The van der Waals surface area contributed by atoms with Gasteiger partial charge < -0.3 is 0 Å². The molecule has 0 aliphatic carbocycles. The van der Waals surface area contributed by atoms with Crippen LogP contribution in [0.2, 0.25) is 0 Å². The molecule has 0 N–H and O–H groups in total. The first kappa shape index (κ1) is 10.3. The second-order valence-electron chi connectivity index (χ2n) is 2.35. The molecule has 1 aromatic rings. The van der Waals surface area contributed by atoms with Gasteiger partial charge in [-0.2, -0.15) is 0 Å². The highest BCUT2D eigenvalue weighted by Gasteiger charge is 2.09. The molecule has 0 spiro atoms. The summed E-state index contributed by atoms with van der Waals surface area (Å²) in [6, 6.07) is 4.78. The van der Waals surface area contributed by atoms with Crippen molar-refractivity contribution in [3.05, 3.63) is 27.3 Å². The molecule has 0 unspecified atom stereocenters. The van der Waals surface area contributed by atoms with E-state index in [-0.39, 0.29) is 4.90 Å². The Labute approximate surface area is 89.5 Å². The third-order valence-corrected chi connectivity index (χ3v) is 3.97. The van der Waals surface area contributed by atoms with Crippen LogP contribution in [0.3, 0.4) is 0 Å². The molecule has 0 aliphatic rings. The van der Waals surface area contributed by atoms with Crippen LogP contribution in [0.15, 0.2) is 23.1 Å². The van der Waals surface area contributed by atoms with Crippen LogP contribution in [0.4, 0.5) is 0 Å². The number of hydrogen-bond donors (Lipinski definition) is 0. The summed E-state index contributed by atoms with van der Waals surface area (Å²) in [5.74, 6) is 0. The minimum absolute atomic E-state index is 0.155. The fourth-order valence-corrected chi connectivity index (χ4v) is 1.94. The maximum absolute atomic E-state index is 10.9. The summed E-state index contributed by atoms with van der Waals surface area (Å²) in [6.07, 6.45) is 0. The molecule has 0 bridgehead atoms. The van der Waals surface area contributed by atoms with Gasteiger partial charge in [-0.25, -0.2) is 8.42 Å². The summed E-state index contributed by atoms with van der Waals surface area (Å²) in [5, 5.41) is 0. The molecule has 2 nitrogen and oxygen atoms in total. The largest absolute Gasteiger partial charge is 0.261 e. The molecule has 66 valence electrons. The van der Waals surface area contributed by atoms with Crippen molar-refractivity contribution >= 4 is 42.3 Å². The molecule has 0 aromatic heterocycles. The van der Waals surface area contributed by atoms with Crippen molar-refractivity contribution in [3.63, 3.8) is 0 Å². The summed E-state index contributed by atoms with van der Waals surface area (Å²) in [4.78, 5) is 0.155. The first-order valence-electron chi connectivity index (χ1n) is 3.12. The highest BCUT2D eigenvalue weighted by Crippen LogP contribution is 2.19. The second kappa shape index (κ2) is 3.51. The summed E-state index contributed by atoms with van der Waals surface area (Å²) in [5.41, 5.74) is 0.914. The van der Waals surface area contributed by atoms with Crippen molar-refractivity contribution in [2.24, 2.45) is 0 Å². The van der Waals surface area contributed by atoms with Crippen LogP contribution in [-0.2, 0) is 9.05 Å². The zero-order valence-corrected chi connectivity index (χ0v) is 9.94. The van der Waals surface area contributed by atoms with Gasteiger partial charge in [-0.3, -0.25) is 0 Å². The van der Waals surface area contributed by atoms with Gasteiger partial charge in [0, 0.05) is 14.3 Å². The average Bonchev–Trinajstić information content (AvgIpc) is 1.92. The third-order valence-electron chi connectivity index (χ3n) is 1.41. The predicted molar refractivity (Wildman–Crippen MR) is 56.9 cm³/mol. The van der Waals surface area contributed by atoms with E-state index >= 15 is 0 Å². The Morgan fingerprint density at radius 1 is 1.42 bits per heavy atom. The van der Waals surface area contributed by atoms with E-state index in [0.29, 0.717) is 0 Å². The standard InChI is InChI=1S/C7H6ClIO2S/c1-5-4-6(12(8,10)11)2-3-7(5)9/h2-4H,1H3. The fourth-order valence-electron chi connectivity index (χ4n) is 0.769. The lowest BCUT2D eigenvalue weighted by atomic mass is 10.2. The summed E-state index contributed by atoms with van der Waals surface area (Å²) < 4.78 is 22.7. The Balaban J connectivity index is 3.33. The minimum atomic E-state index is -3.57. The van der Waals surface area contributed by atoms with Crippen LogP contribution in [-0.4, -0.2) is 8.42 Å². The SMILES string of the molecule is Cc1cc(S(=O)(=O)Cl)ccc1I. The predicted octanol–water partition coefficient (Wildman–Crippen LogP) is 2.53. The van der Waals surface area contributed by atoms with Crippen LogP contribution in [0.25, 0.3) is 0 Å². The van der Waals surface area contributed by atoms with E-state index in [1.807, 2.05) is 6.92 Å². The van der Waals surface area contributed by atoms with Crippen LogP contribution < -0.4 is 0 Å². The van der Waals surface area contributed by atoms with Crippen molar-refractivity contribution in [1.82, 2.24) is 0 Å². The van der Waals surface area contributed by atoms with Gasteiger partial charge in [0.15, 0.2) is 0 Å². The van der Waals surface area contributed by atoms with Crippen molar-refractivity contribution in [2.75, 3.05) is 0 Å². The summed E-state index contributed by atoms with van der Waals surface area (Å²) >= 11 is 2.13. The number of aryl methyl sites for hydroxylation is 1. The quantitative estimate of drug-likeness (QED) is 0.589. The molecular formula is C7H6ClIO2S. The molecule has 0 aliphatic heterocycles. The lowest BCUT2D eigenvalue weighted by Gasteiger charge is -1.99. The minimum Gasteiger partial charge on any atom is -0.207 e. The third kappa shape index (κ3) is 2.34. The first-order valence-corrected chi connectivity index (χ1v) is 6.51. The van der Waals surface area contributed by atoms with Gasteiger partial charge in [0.05, 0.1) is 4.90 Å². The van der Waals surface area contributed by atoms with E-state index in [1.54, 1.807) is 12.1 Å². The molecule has 0 atom stereocenters. The molecule has 5 heteroatoms. The van der Waals surface area contributed by atoms with Crippen LogP contribution in [0.1, 0.15) is 5.56 Å². The summed E-state index contributed by atoms with van der Waals surface area (Å²) in [7, 11) is 1.58. The Kier molecular flexibility index (Phi) is 3.01. The van der Waals surface area contributed by atoms with Crippen molar-refractivity contribution in [3.8, 4) is 0 Å². The molecular weight excluding hydrogens is 310 g/mol. The van der Waals surface area contributed by atoms with E-state index in [4.69, 9.17) is 10.7 Å². The molecule has 0 saturated heterocycles. The topological polar surface area (TPSA) is 34.1 Å². The van der Waals surface area contributed by atoms with Gasteiger partial charge in [0.1, 0.15) is 0 Å². The van der Waals surface area contributed by atoms with Crippen LogP contribution in [0.5, 0.6) is 0 Å². The molecule has 0 radical (unpaired) electrons. The monoisotopic (exact) mass is 316 g/mol. The van der Waals surface area contributed by atoms with Crippen molar-refractivity contribution in [1.29, 1.82) is 0 Å². The number of benzene rings is 1. The molecule has 0 saturated carbocycles. The molecule has 0 heterocycles. The number of halogens is 2. The van der Waals surface area contributed by atoms with Gasteiger partial charge in [0.2, 0.25) is 0 Å². The highest BCUT2D eigenvalue weighted by atomic mass is 127. The van der Waals surface area contributed by atoms with E-state index < -0.39 is 9.05 Å². The number of hydrogen-bond acceptors (Lipinski definition) is 2. The highest BCUT2D eigenvalue weighted by molar-refractivity contribution is 14.1. The lowest BCUT2D eigenvalue weighted by Crippen LogP contribution is -1.91. The van der Waals surface area contributed by atoms with Gasteiger partial charge in [-0.1, -0.05) is 0 Å². The Morgan fingerprint density at radius 2 is 2.00 bits per heavy atom. The maximum Gasteiger partial charge on any atom is 0.261 e. The zero-order valence-electron chi connectivity index (χ0n) is 6.21. The smallest absolute Gasteiger partial charge is 0.207 e. The molecule has 1 rings (SSSR count).